The molecular weight excluding hydrogens is 365 g/mol. The van der Waals surface area contributed by atoms with E-state index in [0.29, 0.717) is 5.01 Å². The minimum absolute atomic E-state index is 0.0209. The number of nitrogens with zero attached hydrogens (tertiary/aromatic N) is 1. The average molecular weight is 377 g/mol. The highest BCUT2D eigenvalue weighted by Gasteiger charge is 2.18. The molecule has 2 heterocycles. The predicted octanol–water partition coefficient (Wildman–Crippen LogP) is 4.06. The number of ether oxygens (including phenoxy) is 2. The van der Waals surface area contributed by atoms with Crippen molar-refractivity contribution >= 4 is 34.4 Å². The lowest BCUT2D eigenvalue weighted by atomic mass is 10.1. The second-order valence-electron chi connectivity index (χ2n) is 4.89. The first kappa shape index (κ1) is 17.2. The number of hydrogen-bond acceptors (Lipinski definition) is 7. The lowest BCUT2D eigenvalue weighted by molar-refractivity contribution is 0.0469. The number of benzene rings is 1. The average Bonchev–Trinajstić information content (AvgIpc) is 3.30. The number of rotatable bonds is 6. The molecule has 0 amide bonds. The van der Waals surface area contributed by atoms with Crippen LogP contribution in [0.25, 0.3) is 10.6 Å². The van der Waals surface area contributed by atoms with Gasteiger partial charge in [-0.2, -0.15) is 11.3 Å². The first-order valence-electron chi connectivity index (χ1n) is 7.10. The highest BCUT2D eigenvalue weighted by Crippen LogP contribution is 2.26. The molecule has 0 aliphatic heterocycles. The van der Waals surface area contributed by atoms with E-state index in [-0.39, 0.29) is 17.0 Å². The van der Waals surface area contributed by atoms with Crippen molar-refractivity contribution in [3.63, 3.8) is 0 Å². The van der Waals surface area contributed by atoms with E-state index in [1.807, 2.05) is 16.8 Å². The summed E-state index contributed by atoms with van der Waals surface area (Å²) in [6.45, 7) is -0.524. The zero-order valence-electron chi connectivity index (χ0n) is 13.0. The van der Waals surface area contributed by atoms with E-state index in [4.69, 9.17) is 9.47 Å². The van der Waals surface area contributed by atoms with Crippen LogP contribution in [0.1, 0.15) is 20.8 Å². The summed E-state index contributed by atoms with van der Waals surface area (Å²) in [6, 6.07) is 5.48. The van der Waals surface area contributed by atoms with E-state index >= 15 is 0 Å². The molecule has 3 aromatic rings. The number of carbonyl (C=O) groups excluding carboxylic acids is 2. The molecule has 0 aliphatic carbocycles. The van der Waals surface area contributed by atoms with Gasteiger partial charge in [0.1, 0.15) is 16.6 Å². The summed E-state index contributed by atoms with van der Waals surface area (Å²) < 4.78 is 23.3. The van der Waals surface area contributed by atoms with Crippen molar-refractivity contribution in [3.8, 4) is 16.3 Å². The van der Waals surface area contributed by atoms with Gasteiger partial charge >= 0.3 is 5.97 Å². The highest BCUT2D eigenvalue weighted by atomic mass is 32.1. The van der Waals surface area contributed by atoms with Crippen LogP contribution in [0.15, 0.2) is 40.4 Å². The van der Waals surface area contributed by atoms with Gasteiger partial charge in [0.15, 0.2) is 12.3 Å². The number of aromatic nitrogens is 1. The molecule has 0 saturated heterocycles. The SMILES string of the molecule is COc1ccc(F)cc1C(=O)COC(=O)c1csc(-c2ccsc2)n1. The number of ketones is 1. The molecule has 128 valence electrons. The summed E-state index contributed by atoms with van der Waals surface area (Å²) in [5.41, 5.74) is 1.08. The van der Waals surface area contributed by atoms with Crippen LogP contribution in [0.3, 0.4) is 0 Å². The van der Waals surface area contributed by atoms with Crippen LogP contribution in [0.5, 0.6) is 5.75 Å². The van der Waals surface area contributed by atoms with E-state index in [1.165, 1.54) is 41.9 Å². The fourth-order valence-electron chi connectivity index (χ4n) is 2.07. The van der Waals surface area contributed by atoms with Gasteiger partial charge in [-0.3, -0.25) is 4.79 Å². The molecule has 0 N–H and O–H groups in total. The van der Waals surface area contributed by atoms with Gasteiger partial charge in [-0.15, -0.1) is 11.3 Å². The summed E-state index contributed by atoms with van der Waals surface area (Å²) in [5.74, 6) is -1.62. The Bertz CT molecular complexity index is 905. The third kappa shape index (κ3) is 3.92. The number of esters is 1. The van der Waals surface area contributed by atoms with Gasteiger partial charge < -0.3 is 9.47 Å². The Labute approximate surface area is 150 Å². The highest BCUT2D eigenvalue weighted by molar-refractivity contribution is 7.14. The van der Waals surface area contributed by atoms with Gasteiger partial charge in [-0.25, -0.2) is 14.2 Å². The Morgan fingerprint density at radius 3 is 2.80 bits per heavy atom. The van der Waals surface area contributed by atoms with Gasteiger partial charge in [0.05, 0.1) is 12.7 Å². The van der Waals surface area contributed by atoms with E-state index in [0.717, 1.165) is 11.6 Å². The Morgan fingerprint density at radius 2 is 2.08 bits per heavy atom. The molecule has 3 rings (SSSR count). The van der Waals surface area contributed by atoms with Crippen molar-refractivity contribution in [3.05, 3.63) is 57.5 Å². The molecule has 1 aromatic carbocycles. The van der Waals surface area contributed by atoms with Crippen molar-refractivity contribution < 1.29 is 23.5 Å². The molecule has 2 aromatic heterocycles. The molecule has 0 atom stereocenters. The summed E-state index contributed by atoms with van der Waals surface area (Å²) in [6.07, 6.45) is 0. The fraction of sp³-hybridized carbons (Fsp3) is 0.118. The first-order chi connectivity index (χ1) is 12.1. The van der Waals surface area contributed by atoms with E-state index in [9.17, 15) is 14.0 Å². The molecule has 5 nitrogen and oxygen atoms in total. The second kappa shape index (κ2) is 7.54. The third-order valence-corrected chi connectivity index (χ3v) is 4.85. The van der Waals surface area contributed by atoms with Gasteiger partial charge in [-0.1, -0.05) is 0 Å². The quantitative estimate of drug-likeness (QED) is 0.479. The van der Waals surface area contributed by atoms with E-state index in [2.05, 4.69) is 4.98 Å². The first-order valence-corrected chi connectivity index (χ1v) is 8.92. The monoisotopic (exact) mass is 377 g/mol. The lowest BCUT2D eigenvalue weighted by Crippen LogP contribution is -2.15. The van der Waals surface area contributed by atoms with E-state index < -0.39 is 24.2 Å². The van der Waals surface area contributed by atoms with Crippen LogP contribution in [-0.2, 0) is 4.74 Å². The second-order valence-corrected chi connectivity index (χ2v) is 6.53. The number of hydrogen-bond donors (Lipinski definition) is 0. The van der Waals surface area contributed by atoms with Crippen molar-refractivity contribution in [1.82, 2.24) is 4.98 Å². The minimum atomic E-state index is -0.707. The molecule has 0 bridgehead atoms. The molecule has 0 saturated carbocycles. The van der Waals surface area contributed by atoms with Crippen LogP contribution in [0.2, 0.25) is 0 Å². The maximum absolute atomic E-state index is 13.3. The van der Waals surface area contributed by atoms with Crippen LogP contribution < -0.4 is 4.74 Å². The summed E-state index contributed by atoms with van der Waals surface area (Å²) in [7, 11) is 1.37. The largest absolute Gasteiger partial charge is 0.496 e. The molecule has 0 radical (unpaired) electrons. The van der Waals surface area contributed by atoms with E-state index in [1.54, 1.807) is 5.38 Å². The molecule has 25 heavy (non-hydrogen) atoms. The number of Topliss-reactive ketones (excluding diaryl/α,β-unsaturated/α-hetero) is 1. The molecule has 0 fully saturated rings. The summed E-state index contributed by atoms with van der Waals surface area (Å²) >= 11 is 2.85. The molecular formula is C17H12FNO4S2. The minimum Gasteiger partial charge on any atom is -0.496 e. The standard InChI is InChI=1S/C17H12FNO4S2/c1-22-15-3-2-11(18)6-12(15)14(20)7-23-17(21)13-9-25-16(19-13)10-4-5-24-8-10/h2-6,8-9H,7H2,1H3. The number of thiophene rings is 1. The maximum Gasteiger partial charge on any atom is 0.358 e. The van der Waals surface area contributed by atoms with Crippen molar-refractivity contribution in [1.29, 1.82) is 0 Å². The normalized spacial score (nSPS) is 10.5. The van der Waals surface area contributed by atoms with Crippen molar-refractivity contribution in [2.24, 2.45) is 0 Å². The lowest BCUT2D eigenvalue weighted by Gasteiger charge is -2.07. The molecule has 8 heteroatoms. The van der Waals surface area contributed by atoms with Gasteiger partial charge in [0.2, 0.25) is 5.78 Å². The Hall–Kier alpha value is -2.58. The van der Waals surface area contributed by atoms with Gasteiger partial charge in [0.25, 0.3) is 0 Å². The fourth-order valence-corrected chi connectivity index (χ4v) is 3.57. The summed E-state index contributed by atoms with van der Waals surface area (Å²) in [5, 5.41) is 6.11. The number of thiazole rings is 1. The molecule has 0 spiro atoms. The van der Waals surface area contributed by atoms with Gasteiger partial charge in [0, 0.05) is 16.3 Å². The zero-order valence-corrected chi connectivity index (χ0v) is 14.7. The Morgan fingerprint density at radius 1 is 1.24 bits per heavy atom. The Kier molecular flexibility index (Phi) is 5.20. The van der Waals surface area contributed by atoms with Crippen molar-refractivity contribution in [2.75, 3.05) is 13.7 Å². The Balaban J connectivity index is 1.66. The predicted molar refractivity (Wildman–Crippen MR) is 93.0 cm³/mol. The summed E-state index contributed by atoms with van der Waals surface area (Å²) in [4.78, 5) is 28.4. The van der Waals surface area contributed by atoms with Gasteiger partial charge in [-0.05, 0) is 29.6 Å². The topological polar surface area (TPSA) is 65.5 Å². The maximum atomic E-state index is 13.3. The third-order valence-electron chi connectivity index (χ3n) is 3.28. The van der Waals surface area contributed by atoms with Crippen LogP contribution in [-0.4, -0.2) is 30.5 Å². The van der Waals surface area contributed by atoms with Crippen LogP contribution in [0.4, 0.5) is 4.39 Å². The van der Waals surface area contributed by atoms with Crippen LogP contribution in [0, 0.1) is 5.82 Å². The smallest absolute Gasteiger partial charge is 0.358 e. The molecule has 0 aliphatic rings. The number of halogens is 1. The van der Waals surface area contributed by atoms with Crippen LogP contribution >= 0.6 is 22.7 Å². The van der Waals surface area contributed by atoms with Crippen molar-refractivity contribution in [2.45, 2.75) is 0 Å². The number of carbonyl (C=O) groups is 2. The number of methoxy groups -OCH3 is 1. The molecule has 0 unspecified atom stereocenters. The zero-order chi connectivity index (χ0) is 17.8.